The fourth-order valence-corrected chi connectivity index (χ4v) is 4.16. The Morgan fingerprint density at radius 1 is 1.12 bits per heavy atom. The number of halogens is 1. The topological polar surface area (TPSA) is 72.5 Å². The van der Waals surface area contributed by atoms with Gasteiger partial charge in [0.1, 0.15) is 0 Å². The van der Waals surface area contributed by atoms with E-state index in [-0.39, 0.29) is 10.8 Å². The zero-order valence-electron chi connectivity index (χ0n) is 14.4. The van der Waals surface area contributed by atoms with Gasteiger partial charge in [0.25, 0.3) is 5.91 Å². The van der Waals surface area contributed by atoms with E-state index in [2.05, 4.69) is 21.2 Å². The summed E-state index contributed by atoms with van der Waals surface area (Å²) in [4.78, 5) is 13.0. The third kappa shape index (κ3) is 4.16. The maximum absolute atomic E-state index is 12.8. The van der Waals surface area contributed by atoms with E-state index in [9.17, 15) is 13.2 Å². The highest BCUT2D eigenvalue weighted by Crippen LogP contribution is 2.34. The maximum Gasteiger partial charge on any atom is 0.251 e. The smallest absolute Gasteiger partial charge is 0.251 e. The fourth-order valence-electron chi connectivity index (χ4n) is 3.13. The zero-order chi connectivity index (χ0) is 18.8. The predicted octanol–water partition coefficient (Wildman–Crippen LogP) is 3.29. The first-order chi connectivity index (χ1) is 12.3. The minimum Gasteiger partial charge on any atom is -0.381 e. The molecule has 0 aromatic heterocycles. The van der Waals surface area contributed by atoms with Gasteiger partial charge in [-0.25, -0.2) is 8.42 Å². The van der Waals surface area contributed by atoms with Crippen molar-refractivity contribution in [3.63, 3.8) is 0 Å². The van der Waals surface area contributed by atoms with E-state index in [1.807, 2.05) is 24.3 Å². The van der Waals surface area contributed by atoms with E-state index in [4.69, 9.17) is 4.74 Å². The Balaban J connectivity index is 1.88. The van der Waals surface area contributed by atoms with Gasteiger partial charge >= 0.3 is 0 Å². The van der Waals surface area contributed by atoms with E-state index >= 15 is 0 Å². The molecule has 1 aliphatic rings. The average Bonchev–Trinajstić information content (AvgIpc) is 2.62. The van der Waals surface area contributed by atoms with Gasteiger partial charge in [-0.1, -0.05) is 28.1 Å². The summed E-state index contributed by atoms with van der Waals surface area (Å²) in [5, 5.41) is 3.16. The highest BCUT2D eigenvalue weighted by atomic mass is 79.9. The van der Waals surface area contributed by atoms with Crippen molar-refractivity contribution in [2.24, 2.45) is 0 Å². The Kier molecular flexibility index (Phi) is 5.50. The molecule has 26 heavy (non-hydrogen) atoms. The Morgan fingerprint density at radius 3 is 2.35 bits per heavy atom. The van der Waals surface area contributed by atoms with E-state index in [0.717, 1.165) is 16.3 Å². The Morgan fingerprint density at radius 2 is 1.77 bits per heavy atom. The standard InChI is InChI=1S/C19H20BrNO4S/c1-26(23,24)17-7-5-14(6-8-17)18(22)21-19(9-11-25-12-10-19)15-3-2-4-16(20)13-15/h2-8,13H,9-12H2,1H3,(H,21,22). The molecule has 0 spiro atoms. The zero-order valence-corrected chi connectivity index (χ0v) is 16.8. The molecule has 1 aliphatic heterocycles. The molecule has 0 saturated carbocycles. The van der Waals surface area contributed by atoms with Crippen molar-refractivity contribution in [1.29, 1.82) is 0 Å². The van der Waals surface area contributed by atoms with Crippen LogP contribution in [0, 0.1) is 0 Å². The number of carbonyl (C=O) groups excluding carboxylic acids is 1. The largest absolute Gasteiger partial charge is 0.381 e. The summed E-state index contributed by atoms with van der Waals surface area (Å²) < 4.78 is 29.6. The molecule has 1 amide bonds. The van der Waals surface area contributed by atoms with Crippen LogP contribution in [0.4, 0.5) is 0 Å². The van der Waals surface area contributed by atoms with Gasteiger partial charge in [-0.2, -0.15) is 0 Å². The second kappa shape index (κ2) is 7.50. The molecule has 1 N–H and O–H groups in total. The lowest BCUT2D eigenvalue weighted by molar-refractivity contribution is 0.0345. The Hall–Kier alpha value is -1.70. The monoisotopic (exact) mass is 437 g/mol. The quantitative estimate of drug-likeness (QED) is 0.796. The lowest BCUT2D eigenvalue weighted by atomic mass is 9.82. The van der Waals surface area contributed by atoms with Crippen molar-refractivity contribution >= 4 is 31.7 Å². The number of benzene rings is 2. The van der Waals surface area contributed by atoms with Gasteiger partial charge in [0.05, 0.1) is 10.4 Å². The highest BCUT2D eigenvalue weighted by Gasteiger charge is 2.36. The van der Waals surface area contributed by atoms with E-state index in [1.54, 1.807) is 12.1 Å². The van der Waals surface area contributed by atoms with E-state index in [1.165, 1.54) is 12.1 Å². The van der Waals surface area contributed by atoms with Crippen LogP contribution in [-0.4, -0.2) is 33.8 Å². The normalized spacial score (nSPS) is 16.8. The summed E-state index contributed by atoms with van der Waals surface area (Å²) in [5.41, 5.74) is 0.948. The van der Waals surface area contributed by atoms with Gasteiger partial charge in [0.2, 0.25) is 0 Å². The van der Waals surface area contributed by atoms with Crippen LogP contribution in [-0.2, 0) is 20.1 Å². The number of ether oxygens (including phenoxy) is 1. The van der Waals surface area contributed by atoms with Gasteiger partial charge in [0.15, 0.2) is 9.84 Å². The summed E-state index contributed by atoms with van der Waals surface area (Å²) >= 11 is 3.49. The molecule has 138 valence electrons. The molecular weight excluding hydrogens is 418 g/mol. The highest BCUT2D eigenvalue weighted by molar-refractivity contribution is 9.10. The summed E-state index contributed by atoms with van der Waals surface area (Å²) in [7, 11) is -3.29. The SMILES string of the molecule is CS(=O)(=O)c1ccc(C(=O)NC2(c3cccc(Br)c3)CCOCC2)cc1. The predicted molar refractivity (Wildman–Crippen MR) is 103 cm³/mol. The lowest BCUT2D eigenvalue weighted by Crippen LogP contribution is -2.49. The lowest BCUT2D eigenvalue weighted by Gasteiger charge is -2.38. The summed E-state index contributed by atoms with van der Waals surface area (Å²) in [6.07, 6.45) is 2.50. The summed E-state index contributed by atoms with van der Waals surface area (Å²) in [6.45, 7) is 1.14. The number of rotatable bonds is 4. The molecule has 1 saturated heterocycles. The third-order valence-corrected chi connectivity index (χ3v) is 6.24. The molecule has 1 heterocycles. The van der Waals surface area contributed by atoms with Crippen LogP contribution in [0.3, 0.4) is 0 Å². The Labute approximate surface area is 161 Å². The second-order valence-corrected chi connectivity index (χ2v) is 9.39. The van der Waals surface area contributed by atoms with Crippen molar-refractivity contribution in [1.82, 2.24) is 5.32 Å². The average molecular weight is 438 g/mol. The minimum absolute atomic E-state index is 0.196. The van der Waals surface area contributed by atoms with E-state index < -0.39 is 15.4 Å². The minimum atomic E-state index is -3.29. The van der Waals surface area contributed by atoms with Crippen molar-refractivity contribution in [3.8, 4) is 0 Å². The molecular formula is C19H20BrNO4S. The van der Waals surface area contributed by atoms with Gasteiger partial charge in [-0.05, 0) is 54.8 Å². The first-order valence-electron chi connectivity index (χ1n) is 8.27. The maximum atomic E-state index is 12.8. The molecule has 5 nitrogen and oxygen atoms in total. The van der Waals surface area contributed by atoms with Crippen molar-refractivity contribution in [2.45, 2.75) is 23.3 Å². The number of carbonyl (C=O) groups is 1. The number of nitrogens with one attached hydrogen (secondary N) is 1. The first-order valence-corrected chi connectivity index (χ1v) is 11.0. The molecule has 0 atom stereocenters. The molecule has 0 bridgehead atoms. The van der Waals surface area contributed by atoms with Gasteiger partial charge in [0, 0.05) is 29.5 Å². The molecule has 0 unspecified atom stereocenters. The van der Waals surface area contributed by atoms with Gasteiger partial charge < -0.3 is 10.1 Å². The summed E-state index contributed by atoms with van der Waals surface area (Å²) in [5.74, 6) is -0.230. The molecule has 0 aliphatic carbocycles. The van der Waals surface area contributed by atoms with E-state index in [0.29, 0.717) is 31.6 Å². The summed E-state index contributed by atoms with van der Waals surface area (Å²) in [6, 6.07) is 13.9. The van der Waals surface area contributed by atoms with Crippen molar-refractivity contribution in [3.05, 3.63) is 64.1 Å². The molecule has 2 aromatic carbocycles. The second-order valence-electron chi connectivity index (χ2n) is 6.46. The van der Waals surface area contributed by atoms with Crippen LogP contribution in [0.5, 0.6) is 0 Å². The fraction of sp³-hybridized carbons (Fsp3) is 0.316. The molecule has 3 rings (SSSR count). The van der Waals surface area contributed by atoms with Crippen molar-refractivity contribution < 1.29 is 17.9 Å². The van der Waals surface area contributed by atoms with Gasteiger partial charge in [-0.15, -0.1) is 0 Å². The Bertz CT molecular complexity index is 903. The number of hydrogen-bond donors (Lipinski definition) is 1. The third-order valence-electron chi connectivity index (χ3n) is 4.62. The van der Waals surface area contributed by atoms with Gasteiger partial charge in [-0.3, -0.25) is 4.79 Å². The number of sulfone groups is 1. The van der Waals surface area contributed by atoms with Crippen LogP contribution < -0.4 is 5.32 Å². The van der Waals surface area contributed by atoms with Crippen LogP contribution in [0.2, 0.25) is 0 Å². The molecule has 0 radical (unpaired) electrons. The van der Waals surface area contributed by atoms with Crippen LogP contribution >= 0.6 is 15.9 Å². The van der Waals surface area contributed by atoms with Crippen LogP contribution in [0.25, 0.3) is 0 Å². The molecule has 1 fully saturated rings. The molecule has 7 heteroatoms. The number of amides is 1. The van der Waals surface area contributed by atoms with Crippen LogP contribution in [0.1, 0.15) is 28.8 Å². The first kappa shape index (κ1) is 19.1. The van der Waals surface area contributed by atoms with Crippen LogP contribution in [0.15, 0.2) is 57.9 Å². The van der Waals surface area contributed by atoms with Crippen molar-refractivity contribution in [2.75, 3.05) is 19.5 Å². The number of hydrogen-bond acceptors (Lipinski definition) is 4. The molecule has 2 aromatic rings.